The van der Waals surface area contributed by atoms with E-state index in [-0.39, 0.29) is 5.54 Å². The van der Waals surface area contributed by atoms with Gasteiger partial charge in [0.15, 0.2) is 0 Å². The summed E-state index contributed by atoms with van der Waals surface area (Å²) in [6, 6.07) is 7.34. The van der Waals surface area contributed by atoms with Crippen molar-refractivity contribution in [1.29, 1.82) is 0 Å². The highest BCUT2D eigenvalue weighted by Gasteiger charge is 2.17. The van der Waals surface area contributed by atoms with Crippen LogP contribution >= 0.6 is 0 Å². The Morgan fingerprint density at radius 2 is 2.06 bits per heavy atom. The minimum Gasteiger partial charge on any atom is -0.383 e. The molecule has 3 N–H and O–H groups in total. The van der Waals surface area contributed by atoms with Crippen molar-refractivity contribution in [3.05, 3.63) is 35.4 Å². The van der Waals surface area contributed by atoms with Gasteiger partial charge in [-0.1, -0.05) is 18.2 Å². The molecule has 0 saturated heterocycles. The molecule has 0 saturated carbocycles. The van der Waals surface area contributed by atoms with Crippen LogP contribution in [0.25, 0.3) is 0 Å². The molecular formula is C13H20N2O2. The second kappa shape index (κ2) is 5.80. The van der Waals surface area contributed by atoms with Crippen molar-refractivity contribution in [2.45, 2.75) is 25.9 Å². The van der Waals surface area contributed by atoms with E-state index in [1.54, 1.807) is 13.2 Å². The number of methoxy groups -OCH3 is 1. The normalized spacial score (nSPS) is 11.5. The minimum absolute atomic E-state index is 0.139. The quantitative estimate of drug-likeness (QED) is 0.782. The van der Waals surface area contributed by atoms with E-state index < -0.39 is 5.91 Å². The average molecular weight is 236 g/mol. The molecule has 0 atom stereocenters. The fourth-order valence-electron chi connectivity index (χ4n) is 1.66. The topological polar surface area (TPSA) is 64.3 Å². The maximum Gasteiger partial charge on any atom is 0.249 e. The Labute approximate surface area is 102 Å². The van der Waals surface area contributed by atoms with Crippen LogP contribution in [0.1, 0.15) is 29.8 Å². The van der Waals surface area contributed by atoms with Gasteiger partial charge in [0.25, 0.3) is 0 Å². The Kier molecular flexibility index (Phi) is 4.66. The third-order valence-electron chi connectivity index (χ3n) is 2.55. The van der Waals surface area contributed by atoms with E-state index in [1.807, 2.05) is 32.0 Å². The van der Waals surface area contributed by atoms with Crippen molar-refractivity contribution in [1.82, 2.24) is 5.32 Å². The highest BCUT2D eigenvalue weighted by Crippen LogP contribution is 2.10. The van der Waals surface area contributed by atoms with Crippen LogP contribution in [-0.2, 0) is 11.3 Å². The number of rotatable bonds is 6. The van der Waals surface area contributed by atoms with Crippen LogP contribution < -0.4 is 11.1 Å². The first kappa shape index (κ1) is 13.7. The van der Waals surface area contributed by atoms with Gasteiger partial charge >= 0.3 is 0 Å². The Hall–Kier alpha value is -1.39. The third kappa shape index (κ3) is 4.17. The van der Waals surface area contributed by atoms with Crippen LogP contribution in [-0.4, -0.2) is 25.2 Å². The first-order chi connectivity index (χ1) is 7.96. The van der Waals surface area contributed by atoms with Gasteiger partial charge < -0.3 is 15.8 Å². The predicted molar refractivity (Wildman–Crippen MR) is 67.8 cm³/mol. The zero-order valence-electron chi connectivity index (χ0n) is 10.6. The summed E-state index contributed by atoms with van der Waals surface area (Å²) < 4.78 is 5.12. The number of hydrogen-bond donors (Lipinski definition) is 2. The fourth-order valence-corrected chi connectivity index (χ4v) is 1.66. The minimum atomic E-state index is -0.396. The predicted octanol–water partition coefficient (Wildman–Crippen LogP) is 1.30. The van der Waals surface area contributed by atoms with Crippen LogP contribution in [0.5, 0.6) is 0 Å². The maximum absolute atomic E-state index is 11.2. The molecule has 0 aliphatic rings. The summed E-state index contributed by atoms with van der Waals surface area (Å²) in [7, 11) is 1.67. The number of carbonyl (C=O) groups excluding carboxylic acids is 1. The SMILES string of the molecule is COCC(C)(C)NCc1ccccc1C(N)=O. The van der Waals surface area contributed by atoms with Gasteiger partial charge in [0.2, 0.25) is 5.91 Å². The van der Waals surface area contributed by atoms with Crippen LogP contribution in [0.15, 0.2) is 24.3 Å². The number of ether oxygens (including phenoxy) is 1. The second-order valence-corrected chi connectivity index (χ2v) is 4.69. The van der Waals surface area contributed by atoms with Crippen LogP contribution in [0.4, 0.5) is 0 Å². The summed E-state index contributed by atoms with van der Waals surface area (Å²) in [4.78, 5) is 11.2. The van der Waals surface area contributed by atoms with Gasteiger partial charge in [-0.05, 0) is 25.5 Å². The molecule has 4 heteroatoms. The van der Waals surface area contributed by atoms with Gasteiger partial charge in [-0.15, -0.1) is 0 Å². The van der Waals surface area contributed by atoms with E-state index in [0.29, 0.717) is 18.7 Å². The monoisotopic (exact) mass is 236 g/mol. The third-order valence-corrected chi connectivity index (χ3v) is 2.55. The van der Waals surface area contributed by atoms with Gasteiger partial charge in [0, 0.05) is 24.8 Å². The van der Waals surface area contributed by atoms with Crippen LogP contribution in [0.2, 0.25) is 0 Å². The standard InChI is InChI=1S/C13H20N2O2/c1-13(2,9-17-3)15-8-10-6-4-5-7-11(10)12(14)16/h4-7,15H,8-9H2,1-3H3,(H2,14,16). The lowest BCUT2D eigenvalue weighted by atomic mass is 10.0. The number of nitrogens with two attached hydrogens (primary N) is 1. The largest absolute Gasteiger partial charge is 0.383 e. The lowest BCUT2D eigenvalue weighted by Gasteiger charge is -2.25. The van der Waals surface area contributed by atoms with Crippen molar-refractivity contribution in [2.24, 2.45) is 5.73 Å². The molecule has 4 nitrogen and oxygen atoms in total. The van der Waals surface area contributed by atoms with Crippen molar-refractivity contribution in [3.8, 4) is 0 Å². The maximum atomic E-state index is 11.2. The molecule has 0 aliphatic carbocycles. The Bertz CT molecular complexity index is 389. The van der Waals surface area contributed by atoms with Gasteiger partial charge in [0.05, 0.1) is 6.61 Å². The lowest BCUT2D eigenvalue weighted by molar-refractivity contribution is 0.0998. The molecule has 1 rings (SSSR count). The first-order valence-corrected chi connectivity index (χ1v) is 5.58. The summed E-state index contributed by atoms with van der Waals surface area (Å²) in [6.45, 7) is 5.29. The Balaban J connectivity index is 2.72. The molecule has 0 aromatic heterocycles. The van der Waals surface area contributed by atoms with E-state index in [4.69, 9.17) is 10.5 Å². The number of carbonyl (C=O) groups is 1. The van der Waals surface area contributed by atoms with E-state index in [2.05, 4.69) is 5.32 Å². The Morgan fingerprint density at radius 1 is 1.41 bits per heavy atom. The van der Waals surface area contributed by atoms with E-state index in [1.165, 1.54) is 0 Å². The number of nitrogens with one attached hydrogen (secondary N) is 1. The smallest absolute Gasteiger partial charge is 0.249 e. The average Bonchev–Trinajstić information content (AvgIpc) is 2.27. The molecule has 0 heterocycles. The number of benzene rings is 1. The van der Waals surface area contributed by atoms with Gasteiger partial charge in [-0.3, -0.25) is 4.79 Å². The van der Waals surface area contributed by atoms with Crippen molar-refractivity contribution in [3.63, 3.8) is 0 Å². The highest BCUT2D eigenvalue weighted by atomic mass is 16.5. The molecular weight excluding hydrogens is 216 g/mol. The summed E-state index contributed by atoms with van der Waals surface area (Å²) in [6.07, 6.45) is 0. The van der Waals surface area contributed by atoms with Gasteiger partial charge in [-0.2, -0.15) is 0 Å². The molecule has 0 fully saturated rings. The van der Waals surface area contributed by atoms with Gasteiger partial charge in [0.1, 0.15) is 0 Å². The number of amides is 1. The summed E-state index contributed by atoms with van der Waals surface area (Å²) in [5.74, 6) is -0.396. The highest BCUT2D eigenvalue weighted by molar-refractivity contribution is 5.94. The molecule has 0 bridgehead atoms. The first-order valence-electron chi connectivity index (χ1n) is 5.58. The number of hydrogen-bond acceptors (Lipinski definition) is 3. The van der Waals surface area contributed by atoms with E-state index in [9.17, 15) is 4.79 Å². The van der Waals surface area contributed by atoms with Crippen LogP contribution in [0, 0.1) is 0 Å². The molecule has 0 radical (unpaired) electrons. The van der Waals surface area contributed by atoms with Crippen molar-refractivity contribution >= 4 is 5.91 Å². The molecule has 0 unspecified atom stereocenters. The second-order valence-electron chi connectivity index (χ2n) is 4.69. The molecule has 1 aromatic carbocycles. The zero-order chi connectivity index (χ0) is 12.9. The van der Waals surface area contributed by atoms with E-state index >= 15 is 0 Å². The summed E-state index contributed by atoms with van der Waals surface area (Å²) in [5.41, 5.74) is 6.65. The van der Waals surface area contributed by atoms with Crippen molar-refractivity contribution in [2.75, 3.05) is 13.7 Å². The van der Waals surface area contributed by atoms with Crippen LogP contribution in [0.3, 0.4) is 0 Å². The molecule has 0 aliphatic heterocycles. The van der Waals surface area contributed by atoms with E-state index in [0.717, 1.165) is 5.56 Å². The summed E-state index contributed by atoms with van der Waals surface area (Å²) >= 11 is 0. The fraction of sp³-hybridized carbons (Fsp3) is 0.462. The molecule has 94 valence electrons. The Morgan fingerprint density at radius 3 is 2.65 bits per heavy atom. The molecule has 0 spiro atoms. The van der Waals surface area contributed by atoms with Crippen molar-refractivity contribution < 1.29 is 9.53 Å². The lowest BCUT2D eigenvalue weighted by Crippen LogP contribution is -2.43. The van der Waals surface area contributed by atoms with Gasteiger partial charge in [-0.25, -0.2) is 0 Å². The molecule has 17 heavy (non-hydrogen) atoms. The molecule has 1 aromatic rings. The molecule has 1 amide bonds. The zero-order valence-corrected chi connectivity index (χ0v) is 10.6. The number of primary amides is 1. The summed E-state index contributed by atoms with van der Waals surface area (Å²) in [5, 5.41) is 3.34.